The molecule has 0 fully saturated rings. The van der Waals surface area contributed by atoms with Gasteiger partial charge in [0, 0.05) is 51.9 Å². The highest BCUT2D eigenvalue weighted by Gasteiger charge is 2.37. The van der Waals surface area contributed by atoms with Crippen molar-refractivity contribution < 1.29 is 35.9 Å². The number of H-pyrrole nitrogens is 1. The molecule has 12 heteroatoms. The van der Waals surface area contributed by atoms with Gasteiger partial charge in [-0.1, -0.05) is 0 Å². The molecule has 0 spiro atoms. The highest BCUT2D eigenvalue weighted by atomic mass is 19.4. The summed E-state index contributed by atoms with van der Waals surface area (Å²) in [5, 5.41) is 2.24. The van der Waals surface area contributed by atoms with Crippen LogP contribution in [0.25, 0.3) is 33.0 Å². The van der Waals surface area contributed by atoms with Crippen molar-refractivity contribution in [1.29, 1.82) is 0 Å². The second-order valence-electron chi connectivity index (χ2n) is 8.60. The number of aryl methyl sites for hydroxylation is 1. The van der Waals surface area contributed by atoms with Crippen LogP contribution in [0.4, 0.5) is 26.3 Å². The van der Waals surface area contributed by atoms with Crippen LogP contribution in [0.5, 0.6) is 0 Å². The molecule has 1 aliphatic rings. The quantitative estimate of drug-likeness (QED) is 0.253. The molecule has 6 nitrogen and oxygen atoms in total. The molecule has 4 N–H and O–H groups in total. The SMILES string of the molecule is NCCCn1cc(C2=C(c3c[nH]c4ccc(C(F)(F)F)cc34)C(=O)NC2=O)c2cc(C(F)(F)F)ccc21. The van der Waals surface area contributed by atoms with Crippen molar-refractivity contribution in [3.63, 3.8) is 0 Å². The molecule has 0 unspecified atom stereocenters. The molecule has 192 valence electrons. The zero-order valence-electron chi connectivity index (χ0n) is 18.8. The summed E-state index contributed by atoms with van der Waals surface area (Å²) >= 11 is 0. The van der Waals surface area contributed by atoms with E-state index in [1.807, 2.05) is 0 Å². The number of nitrogens with two attached hydrogens (primary N) is 1. The van der Waals surface area contributed by atoms with Crippen molar-refractivity contribution in [3.05, 3.63) is 71.0 Å². The third-order valence-electron chi connectivity index (χ3n) is 6.29. The Morgan fingerprint density at radius 2 is 1.41 bits per heavy atom. The van der Waals surface area contributed by atoms with Crippen molar-refractivity contribution in [3.8, 4) is 0 Å². The molecule has 0 aliphatic carbocycles. The number of carbonyl (C=O) groups excluding carboxylic acids is 2. The minimum absolute atomic E-state index is 0.0225. The number of hydrogen-bond acceptors (Lipinski definition) is 3. The standard InChI is InChI=1S/C25H18F6N4O2/c26-24(27,28)12-2-4-18-14(8-12)16(10-33-18)20-21(23(37)34-22(20)36)17-11-35(7-1-6-32)19-5-3-13(9-15(17)19)25(29,30)31/h2-5,8-11,33H,1,6-7,32H2,(H,34,36,37). The lowest BCUT2D eigenvalue weighted by Gasteiger charge is -2.09. The van der Waals surface area contributed by atoms with Gasteiger partial charge in [0.05, 0.1) is 22.3 Å². The Balaban J connectivity index is 1.80. The normalized spacial score (nSPS) is 14.9. The molecule has 2 aromatic heterocycles. The topological polar surface area (TPSA) is 92.9 Å². The average Bonchev–Trinajstić information content (AvgIpc) is 3.48. The van der Waals surface area contributed by atoms with E-state index in [-0.39, 0.29) is 38.6 Å². The fourth-order valence-corrected chi connectivity index (χ4v) is 4.59. The highest BCUT2D eigenvalue weighted by molar-refractivity contribution is 6.50. The predicted octanol–water partition coefficient (Wildman–Crippen LogP) is 5.08. The summed E-state index contributed by atoms with van der Waals surface area (Å²) in [7, 11) is 0. The number of halogens is 6. The van der Waals surface area contributed by atoms with Gasteiger partial charge < -0.3 is 15.3 Å². The van der Waals surface area contributed by atoms with Crippen LogP contribution in [0.15, 0.2) is 48.8 Å². The summed E-state index contributed by atoms with van der Waals surface area (Å²) in [5.74, 6) is -1.73. The number of hydrogen-bond donors (Lipinski definition) is 3. The molecule has 0 bridgehead atoms. The first kappa shape index (κ1) is 24.6. The average molecular weight is 520 g/mol. The van der Waals surface area contributed by atoms with E-state index in [0.717, 1.165) is 24.3 Å². The zero-order chi connectivity index (χ0) is 26.7. The lowest BCUT2D eigenvalue weighted by atomic mass is 9.94. The Labute approximate surface area is 204 Å². The summed E-state index contributed by atoms with van der Waals surface area (Å²) in [6.07, 6.45) is -6.07. The summed E-state index contributed by atoms with van der Waals surface area (Å²) in [6, 6.07) is 6.01. The van der Waals surface area contributed by atoms with E-state index < -0.39 is 35.3 Å². The number of nitrogens with one attached hydrogen (secondary N) is 2. The molecule has 5 rings (SSSR count). The Bertz CT molecular complexity index is 1610. The molecule has 4 aromatic rings. The van der Waals surface area contributed by atoms with Gasteiger partial charge in [-0.15, -0.1) is 0 Å². The van der Waals surface area contributed by atoms with Crippen LogP contribution < -0.4 is 11.1 Å². The van der Waals surface area contributed by atoms with E-state index in [1.165, 1.54) is 24.5 Å². The number of benzene rings is 2. The monoisotopic (exact) mass is 520 g/mol. The van der Waals surface area contributed by atoms with E-state index in [4.69, 9.17) is 5.73 Å². The van der Waals surface area contributed by atoms with Crippen LogP contribution in [0.1, 0.15) is 28.7 Å². The van der Waals surface area contributed by atoms with E-state index in [1.54, 1.807) is 4.57 Å². The number of aromatic amines is 1. The fourth-order valence-electron chi connectivity index (χ4n) is 4.59. The van der Waals surface area contributed by atoms with Gasteiger partial charge in [0.25, 0.3) is 11.8 Å². The van der Waals surface area contributed by atoms with Crippen LogP contribution in [-0.2, 0) is 28.5 Å². The van der Waals surface area contributed by atoms with Crippen molar-refractivity contribution in [2.45, 2.75) is 25.3 Å². The molecule has 2 amide bonds. The number of aromatic nitrogens is 2. The van der Waals surface area contributed by atoms with E-state index >= 15 is 0 Å². The van der Waals surface area contributed by atoms with Gasteiger partial charge in [-0.25, -0.2) is 0 Å². The number of fused-ring (bicyclic) bond motifs is 2. The second-order valence-corrected chi connectivity index (χ2v) is 8.60. The maximum absolute atomic E-state index is 13.5. The Kier molecular flexibility index (Phi) is 5.66. The summed E-state index contributed by atoms with van der Waals surface area (Å²) < 4.78 is 82.3. The van der Waals surface area contributed by atoms with Crippen molar-refractivity contribution in [2.24, 2.45) is 5.73 Å². The van der Waals surface area contributed by atoms with Gasteiger partial charge >= 0.3 is 12.4 Å². The molecule has 0 radical (unpaired) electrons. The number of rotatable bonds is 5. The largest absolute Gasteiger partial charge is 0.416 e. The second kappa shape index (κ2) is 8.51. The van der Waals surface area contributed by atoms with Crippen molar-refractivity contribution in [1.82, 2.24) is 14.9 Å². The predicted molar refractivity (Wildman–Crippen MR) is 124 cm³/mol. The lowest BCUT2D eigenvalue weighted by molar-refractivity contribution is -0.138. The molecule has 2 aromatic carbocycles. The van der Waals surface area contributed by atoms with Crippen LogP contribution in [0, 0.1) is 0 Å². The molecular formula is C25H18F6N4O2. The minimum atomic E-state index is -4.67. The van der Waals surface area contributed by atoms with Crippen molar-refractivity contribution in [2.75, 3.05) is 6.54 Å². The van der Waals surface area contributed by atoms with Gasteiger partial charge in [0.15, 0.2) is 0 Å². The summed E-state index contributed by atoms with van der Waals surface area (Å²) in [4.78, 5) is 28.7. The van der Waals surface area contributed by atoms with Crippen LogP contribution in [0.3, 0.4) is 0 Å². The van der Waals surface area contributed by atoms with E-state index in [9.17, 15) is 35.9 Å². The maximum Gasteiger partial charge on any atom is 0.416 e. The minimum Gasteiger partial charge on any atom is -0.361 e. The van der Waals surface area contributed by atoms with Gasteiger partial charge in [0.1, 0.15) is 0 Å². The fraction of sp³-hybridized carbons (Fsp3) is 0.200. The Morgan fingerprint density at radius 3 is 2.03 bits per heavy atom. The summed E-state index contributed by atoms with van der Waals surface area (Å²) in [5.41, 5.74) is 3.97. The number of alkyl halides is 6. The molecule has 1 aliphatic heterocycles. The Hall–Kier alpha value is -4.06. The molecular weight excluding hydrogens is 502 g/mol. The molecule has 0 saturated heterocycles. The van der Waals surface area contributed by atoms with E-state index in [0.29, 0.717) is 25.0 Å². The molecule has 0 atom stereocenters. The third-order valence-corrected chi connectivity index (χ3v) is 6.29. The highest BCUT2D eigenvalue weighted by Crippen LogP contribution is 2.41. The first-order valence-electron chi connectivity index (χ1n) is 11.1. The molecule has 37 heavy (non-hydrogen) atoms. The first-order chi connectivity index (χ1) is 17.4. The lowest BCUT2D eigenvalue weighted by Crippen LogP contribution is -2.22. The van der Waals surface area contributed by atoms with E-state index in [2.05, 4.69) is 10.3 Å². The summed E-state index contributed by atoms with van der Waals surface area (Å²) in [6.45, 7) is 0.637. The molecule has 0 saturated carbocycles. The van der Waals surface area contributed by atoms with Crippen molar-refractivity contribution >= 4 is 44.8 Å². The van der Waals surface area contributed by atoms with Gasteiger partial charge in [-0.3, -0.25) is 14.9 Å². The number of carbonyl (C=O) groups is 2. The number of amides is 2. The molecule has 3 heterocycles. The van der Waals surface area contributed by atoms with Gasteiger partial charge in [-0.2, -0.15) is 26.3 Å². The number of nitrogens with zero attached hydrogens (tertiary/aromatic N) is 1. The Morgan fingerprint density at radius 1 is 0.811 bits per heavy atom. The zero-order valence-corrected chi connectivity index (χ0v) is 18.8. The first-order valence-corrected chi connectivity index (χ1v) is 11.1. The third kappa shape index (κ3) is 4.16. The van der Waals surface area contributed by atoms with Gasteiger partial charge in [-0.05, 0) is 49.4 Å². The van der Waals surface area contributed by atoms with Gasteiger partial charge in [0.2, 0.25) is 0 Å². The van der Waals surface area contributed by atoms with Crippen LogP contribution in [-0.4, -0.2) is 27.9 Å². The van der Waals surface area contributed by atoms with Crippen LogP contribution in [0.2, 0.25) is 0 Å². The smallest absolute Gasteiger partial charge is 0.361 e. The maximum atomic E-state index is 13.5. The van der Waals surface area contributed by atoms with Crippen LogP contribution >= 0.6 is 0 Å². The number of imide groups is 1.